The third-order valence-electron chi connectivity index (χ3n) is 7.81. The highest BCUT2D eigenvalue weighted by Gasteiger charge is 2.30. The molecule has 0 saturated carbocycles. The number of benzene rings is 2. The molecule has 0 amide bonds. The number of hydrogen-bond donors (Lipinski definition) is 0. The molecule has 1 aliphatic carbocycles. The highest BCUT2D eigenvalue weighted by Crippen LogP contribution is 2.34. The summed E-state index contributed by atoms with van der Waals surface area (Å²) in [5, 5.41) is 0. The van der Waals surface area contributed by atoms with E-state index in [1.807, 2.05) is 0 Å². The Morgan fingerprint density at radius 1 is 0.595 bits per heavy atom. The maximum atomic E-state index is 13.3. The molecule has 0 radical (unpaired) electrons. The molecule has 42 heavy (non-hydrogen) atoms. The molecule has 0 aliphatic heterocycles. The van der Waals surface area contributed by atoms with Crippen LogP contribution in [-0.4, -0.2) is 24.8 Å². The van der Waals surface area contributed by atoms with Gasteiger partial charge in [-0.05, 0) is 112 Å². The van der Waals surface area contributed by atoms with Gasteiger partial charge in [-0.3, -0.25) is 9.59 Å². The molecule has 0 fully saturated rings. The van der Waals surface area contributed by atoms with E-state index in [-0.39, 0.29) is 11.6 Å². The van der Waals surface area contributed by atoms with Crippen LogP contribution in [0.4, 0.5) is 0 Å². The average molecular weight is 719 g/mol. The normalized spacial score (nSPS) is 12.4. The highest BCUT2D eigenvalue weighted by molar-refractivity contribution is 9.12. The van der Waals surface area contributed by atoms with E-state index >= 15 is 0 Å². The molecule has 7 heteroatoms. The van der Waals surface area contributed by atoms with Crippen molar-refractivity contribution in [3.05, 3.63) is 77.9 Å². The smallest absolute Gasteiger partial charge is 0.194 e. The van der Waals surface area contributed by atoms with Gasteiger partial charge in [-0.15, -0.1) is 11.3 Å². The lowest BCUT2D eigenvalue weighted by molar-refractivity contribution is 0.0978. The predicted octanol–water partition coefficient (Wildman–Crippen LogP) is 11.1. The second-order valence-corrected chi connectivity index (χ2v) is 14.9. The van der Waals surface area contributed by atoms with E-state index in [2.05, 4.69) is 44.8 Å². The van der Waals surface area contributed by atoms with Gasteiger partial charge in [0, 0.05) is 22.3 Å². The van der Waals surface area contributed by atoms with Crippen molar-refractivity contribution in [1.29, 1.82) is 0 Å². The fourth-order valence-electron chi connectivity index (χ4n) is 5.40. The van der Waals surface area contributed by atoms with Crippen LogP contribution in [0.5, 0.6) is 11.5 Å². The molecule has 1 aliphatic rings. The van der Waals surface area contributed by atoms with Crippen molar-refractivity contribution in [2.45, 2.75) is 96.8 Å². The van der Waals surface area contributed by atoms with Crippen LogP contribution in [0.1, 0.15) is 128 Å². The lowest BCUT2D eigenvalue weighted by atomic mass is 9.84. The number of ether oxygens (including phenoxy) is 2. The standard InChI is InChI=1S/C35H42Br2O4S/c1-2-3-4-5-6-7-8-9-10-13-20-40-26-16-18-28-30(23-26)33(38)29-19-17-27(24-31(29)34(28)39)41-21-14-11-12-15-25-22-32(36)42-35(25)37/h16-19,22-24H,2-15,20-21H2,1H3. The van der Waals surface area contributed by atoms with E-state index < -0.39 is 0 Å². The largest absolute Gasteiger partial charge is 0.494 e. The average Bonchev–Trinajstić information content (AvgIpc) is 3.32. The predicted molar refractivity (Wildman–Crippen MR) is 180 cm³/mol. The summed E-state index contributed by atoms with van der Waals surface area (Å²) in [6.07, 6.45) is 16.9. The fourth-order valence-corrected chi connectivity index (χ4v) is 8.31. The van der Waals surface area contributed by atoms with Crippen molar-refractivity contribution >= 4 is 54.8 Å². The van der Waals surface area contributed by atoms with Crippen molar-refractivity contribution in [2.24, 2.45) is 0 Å². The molecule has 0 atom stereocenters. The number of fused-ring (bicyclic) bond motifs is 2. The summed E-state index contributed by atoms with van der Waals surface area (Å²) in [5.74, 6) is 0.994. The van der Waals surface area contributed by atoms with Gasteiger partial charge in [0.2, 0.25) is 0 Å². The Hall–Kier alpha value is -1.96. The number of ketones is 2. The van der Waals surface area contributed by atoms with Crippen LogP contribution < -0.4 is 9.47 Å². The number of unbranched alkanes of at least 4 members (excludes halogenated alkanes) is 11. The van der Waals surface area contributed by atoms with Gasteiger partial charge >= 0.3 is 0 Å². The second kappa shape index (κ2) is 17.4. The molecular formula is C35H42Br2O4S. The van der Waals surface area contributed by atoms with Crippen molar-refractivity contribution in [3.63, 3.8) is 0 Å². The summed E-state index contributed by atoms with van der Waals surface area (Å²) in [6.45, 7) is 3.45. The Morgan fingerprint density at radius 2 is 1.07 bits per heavy atom. The zero-order valence-electron chi connectivity index (χ0n) is 24.7. The van der Waals surface area contributed by atoms with Crippen molar-refractivity contribution < 1.29 is 19.1 Å². The van der Waals surface area contributed by atoms with Crippen molar-refractivity contribution in [1.82, 2.24) is 0 Å². The molecule has 0 N–H and O–H groups in total. The second-order valence-electron chi connectivity index (χ2n) is 11.1. The van der Waals surface area contributed by atoms with E-state index in [0.29, 0.717) is 47.0 Å². The molecule has 1 heterocycles. The van der Waals surface area contributed by atoms with Gasteiger partial charge in [0.1, 0.15) is 11.5 Å². The van der Waals surface area contributed by atoms with Crippen LogP contribution in [0.2, 0.25) is 0 Å². The first-order valence-electron chi connectivity index (χ1n) is 15.5. The molecule has 0 unspecified atom stereocenters. The Bertz CT molecular complexity index is 1330. The van der Waals surface area contributed by atoms with Gasteiger partial charge < -0.3 is 9.47 Å². The minimum absolute atomic E-state index is 0.137. The number of hydrogen-bond acceptors (Lipinski definition) is 5. The minimum Gasteiger partial charge on any atom is -0.494 e. The molecule has 0 spiro atoms. The van der Waals surface area contributed by atoms with Gasteiger partial charge in [0.15, 0.2) is 11.6 Å². The first-order valence-corrected chi connectivity index (χ1v) is 17.9. The van der Waals surface area contributed by atoms with Gasteiger partial charge in [-0.25, -0.2) is 0 Å². The molecule has 3 aromatic rings. The van der Waals surface area contributed by atoms with Gasteiger partial charge in [0.05, 0.1) is 20.8 Å². The Balaban J connectivity index is 1.19. The van der Waals surface area contributed by atoms with Crippen LogP contribution in [0, 0.1) is 0 Å². The summed E-state index contributed by atoms with van der Waals surface area (Å²) in [7, 11) is 0. The number of aryl methyl sites for hydroxylation is 1. The molecule has 226 valence electrons. The van der Waals surface area contributed by atoms with E-state index in [1.165, 1.54) is 60.7 Å². The third kappa shape index (κ3) is 9.52. The summed E-state index contributed by atoms with van der Waals surface area (Å²) in [4.78, 5) is 26.6. The van der Waals surface area contributed by atoms with Crippen LogP contribution in [-0.2, 0) is 6.42 Å². The Labute approximate surface area is 271 Å². The summed E-state index contributed by atoms with van der Waals surface area (Å²) >= 11 is 8.85. The zero-order valence-corrected chi connectivity index (χ0v) is 28.6. The highest BCUT2D eigenvalue weighted by atomic mass is 79.9. The molecular weight excluding hydrogens is 676 g/mol. The number of carbonyl (C=O) groups is 2. The maximum absolute atomic E-state index is 13.3. The minimum atomic E-state index is -0.140. The van der Waals surface area contributed by atoms with Crippen LogP contribution in [0.15, 0.2) is 50.0 Å². The van der Waals surface area contributed by atoms with Crippen molar-refractivity contribution in [2.75, 3.05) is 13.2 Å². The maximum Gasteiger partial charge on any atom is 0.194 e. The quantitative estimate of drug-likeness (QED) is 0.0906. The number of halogens is 2. The first-order chi connectivity index (χ1) is 20.5. The van der Waals surface area contributed by atoms with Gasteiger partial charge in [-0.1, -0.05) is 64.7 Å². The van der Waals surface area contributed by atoms with Gasteiger partial charge in [0.25, 0.3) is 0 Å². The van der Waals surface area contributed by atoms with Crippen LogP contribution in [0.3, 0.4) is 0 Å². The summed E-state index contributed by atoms with van der Waals surface area (Å²) in [6, 6.07) is 12.7. The first kappa shape index (κ1) is 32.9. The number of rotatable bonds is 19. The molecule has 0 saturated heterocycles. The van der Waals surface area contributed by atoms with E-state index in [1.54, 1.807) is 47.7 Å². The summed E-state index contributed by atoms with van der Waals surface area (Å²) < 4.78 is 14.2. The molecule has 4 rings (SSSR count). The molecule has 2 aromatic carbocycles. The molecule has 0 bridgehead atoms. The van der Waals surface area contributed by atoms with Crippen LogP contribution in [0.25, 0.3) is 0 Å². The van der Waals surface area contributed by atoms with E-state index in [4.69, 9.17) is 9.47 Å². The fraction of sp³-hybridized carbons (Fsp3) is 0.486. The lowest BCUT2D eigenvalue weighted by Crippen LogP contribution is -2.21. The van der Waals surface area contributed by atoms with E-state index in [0.717, 1.165) is 42.3 Å². The number of carbonyl (C=O) groups excluding carboxylic acids is 2. The number of thiophene rings is 1. The molecule has 1 aromatic heterocycles. The monoisotopic (exact) mass is 716 g/mol. The van der Waals surface area contributed by atoms with Crippen molar-refractivity contribution in [3.8, 4) is 11.5 Å². The topological polar surface area (TPSA) is 52.6 Å². The third-order valence-corrected chi connectivity index (χ3v) is 10.3. The Morgan fingerprint density at radius 3 is 1.55 bits per heavy atom. The zero-order chi connectivity index (χ0) is 29.7. The van der Waals surface area contributed by atoms with E-state index in [9.17, 15) is 9.59 Å². The summed E-state index contributed by atoms with van der Waals surface area (Å²) in [5.41, 5.74) is 3.03. The van der Waals surface area contributed by atoms with Gasteiger partial charge in [-0.2, -0.15) is 0 Å². The lowest BCUT2D eigenvalue weighted by Gasteiger charge is -2.19. The Kier molecular flexibility index (Phi) is 13.6. The SMILES string of the molecule is CCCCCCCCCCCCOc1ccc2c(c1)C(=O)c1ccc(OCCCCCc3cc(Br)sc3Br)cc1C2=O. The molecule has 4 nitrogen and oxygen atoms in total. The van der Waals surface area contributed by atoms with Crippen LogP contribution >= 0.6 is 43.2 Å².